The van der Waals surface area contributed by atoms with E-state index in [4.69, 9.17) is 5.26 Å². The number of aryl methyl sites for hydroxylation is 1. The second-order valence-corrected chi connectivity index (χ2v) is 5.09. The lowest BCUT2D eigenvalue weighted by molar-refractivity contribution is -0.132. The molecule has 1 unspecified atom stereocenters. The number of carbonyl (C=O) groups is 1. The van der Waals surface area contributed by atoms with Crippen LogP contribution in [0.5, 0.6) is 0 Å². The number of benzene rings is 1. The zero-order chi connectivity index (χ0) is 13.5. The van der Waals surface area contributed by atoms with Gasteiger partial charge in [-0.15, -0.1) is 0 Å². The van der Waals surface area contributed by atoms with Crippen LogP contribution in [-0.4, -0.2) is 23.9 Å². The Morgan fingerprint density at radius 1 is 1.26 bits per heavy atom. The van der Waals surface area contributed by atoms with E-state index in [1.807, 2.05) is 23.1 Å². The van der Waals surface area contributed by atoms with Gasteiger partial charge in [0.05, 0.1) is 6.07 Å². The van der Waals surface area contributed by atoms with Crippen molar-refractivity contribution in [3.8, 4) is 6.07 Å². The molecule has 1 amide bonds. The highest BCUT2D eigenvalue weighted by Crippen LogP contribution is 2.16. The van der Waals surface area contributed by atoms with Crippen LogP contribution in [-0.2, 0) is 11.2 Å². The molecule has 2 rings (SSSR count). The average molecular weight is 256 g/mol. The Bertz CT molecular complexity index is 444. The van der Waals surface area contributed by atoms with Crippen molar-refractivity contribution in [3.63, 3.8) is 0 Å². The van der Waals surface area contributed by atoms with Gasteiger partial charge in [-0.3, -0.25) is 4.79 Å². The maximum absolute atomic E-state index is 12.1. The Labute approximate surface area is 114 Å². The predicted octanol–water partition coefficient (Wildman–Crippen LogP) is 2.77. The van der Waals surface area contributed by atoms with Crippen LogP contribution in [0.2, 0.25) is 0 Å². The molecule has 1 aliphatic rings. The van der Waals surface area contributed by atoms with E-state index >= 15 is 0 Å². The molecule has 1 aromatic rings. The van der Waals surface area contributed by atoms with Gasteiger partial charge in [-0.2, -0.15) is 5.26 Å². The summed E-state index contributed by atoms with van der Waals surface area (Å²) >= 11 is 0. The number of rotatable bonds is 5. The van der Waals surface area contributed by atoms with Gasteiger partial charge in [-0.05, 0) is 37.7 Å². The molecule has 1 fully saturated rings. The molecule has 1 aliphatic heterocycles. The van der Waals surface area contributed by atoms with E-state index in [9.17, 15) is 4.79 Å². The Morgan fingerprint density at radius 2 is 1.95 bits per heavy atom. The highest BCUT2D eigenvalue weighted by molar-refractivity contribution is 5.81. The van der Waals surface area contributed by atoms with Crippen molar-refractivity contribution in [2.24, 2.45) is 5.92 Å². The fourth-order valence-corrected chi connectivity index (χ4v) is 2.56. The molecule has 1 heterocycles. The normalized spacial score (nSPS) is 16.1. The largest absolute Gasteiger partial charge is 0.342 e. The number of hydrogen-bond acceptors (Lipinski definition) is 2. The van der Waals surface area contributed by atoms with Crippen LogP contribution >= 0.6 is 0 Å². The van der Waals surface area contributed by atoms with E-state index in [1.165, 1.54) is 5.56 Å². The van der Waals surface area contributed by atoms with Crippen LogP contribution in [0, 0.1) is 17.2 Å². The zero-order valence-electron chi connectivity index (χ0n) is 11.2. The first-order valence-electron chi connectivity index (χ1n) is 7.03. The predicted molar refractivity (Wildman–Crippen MR) is 74.3 cm³/mol. The molecule has 19 heavy (non-hydrogen) atoms. The van der Waals surface area contributed by atoms with Gasteiger partial charge in [0.25, 0.3) is 0 Å². The number of hydrogen-bond donors (Lipinski definition) is 0. The molecule has 0 aliphatic carbocycles. The molecule has 3 heteroatoms. The van der Waals surface area contributed by atoms with Gasteiger partial charge in [0.2, 0.25) is 5.91 Å². The molecule has 0 radical (unpaired) electrons. The Morgan fingerprint density at radius 3 is 2.58 bits per heavy atom. The van der Waals surface area contributed by atoms with Crippen LogP contribution in [0.15, 0.2) is 30.3 Å². The first-order chi connectivity index (χ1) is 9.31. The number of carbonyl (C=O) groups excluding carboxylic acids is 1. The summed E-state index contributed by atoms with van der Waals surface area (Å²) in [6.45, 7) is 1.66. The van der Waals surface area contributed by atoms with Crippen LogP contribution in [0.25, 0.3) is 0 Å². The lowest BCUT2D eigenvalue weighted by Crippen LogP contribution is -2.33. The molecule has 1 aromatic carbocycles. The molecular weight excluding hydrogens is 236 g/mol. The topological polar surface area (TPSA) is 44.1 Å². The summed E-state index contributed by atoms with van der Waals surface area (Å²) in [6, 6.07) is 12.4. The molecule has 1 saturated heterocycles. The third kappa shape index (κ3) is 3.82. The Balaban J connectivity index is 1.79. The standard InChI is InChI=1S/C16H20N2O/c17-13-15(16(19)18-11-4-5-12-18)10-6-9-14-7-2-1-3-8-14/h1-3,7-8,15H,4-6,9-12H2. The van der Waals surface area contributed by atoms with Crippen molar-refractivity contribution in [3.05, 3.63) is 35.9 Å². The van der Waals surface area contributed by atoms with Crippen molar-refractivity contribution in [2.45, 2.75) is 32.1 Å². The molecule has 0 aromatic heterocycles. The van der Waals surface area contributed by atoms with Crippen molar-refractivity contribution in [2.75, 3.05) is 13.1 Å². The van der Waals surface area contributed by atoms with E-state index in [0.29, 0.717) is 6.42 Å². The number of likely N-dealkylation sites (tertiary alicyclic amines) is 1. The third-order valence-electron chi connectivity index (χ3n) is 3.67. The monoisotopic (exact) mass is 256 g/mol. The minimum atomic E-state index is -0.457. The van der Waals surface area contributed by atoms with Crippen molar-refractivity contribution in [1.82, 2.24) is 4.90 Å². The first-order valence-corrected chi connectivity index (χ1v) is 7.03. The van der Waals surface area contributed by atoms with Crippen molar-refractivity contribution >= 4 is 5.91 Å². The van der Waals surface area contributed by atoms with E-state index < -0.39 is 5.92 Å². The molecule has 0 saturated carbocycles. The summed E-state index contributed by atoms with van der Waals surface area (Å²) in [5, 5.41) is 9.16. The lowest BCUT2D eigenvalue weighted by Gasteiger charge is -2.18. The minimum absolute atomic E-state index is 0.0352. The van der Waals surface area contributed by atoms with Gasteiger partial charge in [0, 0.05) is 13.1 Å². The average Bonchev–Trinajstić information content (AvgIpc) is 2.98. The van der Waals surface area contributed by atoms with Crippen LogP contribution < -0.4 is 0 Å². The molecule has 0 bridgehead atoms. The minimum Gasteiger partial charge on any atom is -0.342 e. The van der Waals surface area contributed by atoms with Crippen molar-refractivity contribution < 1.29 is 4.79 Å². The van der Waals surface area contributed by atoms with Gasteiger partial charge in [0.15, 0.2) is 0 Å². The highest BCUT2D eigenvalue weighted by atomic mass is 16.2. The summed E-state index contributed by atoms with van der Waals surface area (Å²) in [5.41, 5.74) is 1.27. The Kier molecular flexibility index (Phi) is 4.97. The number of nitriles is 1. The fourth-order valence-electron chi connectivity index (χ4n) is 2.56. The van der Waals surface area contributed by atoms with Crippen LogP contribution in [0.1, 0.15) is 31.2 Å². The molecular formula is C16H20N2O. The van der Waals surface area contributed by atoms with Gasteiger partial charge >= 0.3 is 0 Å². The smallest absolute Gasteiger partial charge is 0.239 e. The summed E-state index contributed by atoms with van der Waals surface area (Å²) in [6.07, 6.45) is 4.65. The Hall–Kier alpha value is -1.82. The molecule has 0 spiro atoms. The molecule has 100 valence electrons. The third-order valence-corrected chi connectivity index (χ3v) is 3.67. The summed E-state index contributed by atoms with van der Waals surface area (Å²) < 4.78 is 0. The quantitative estimate of drug-likeness (QED) is 0.813. The summed E-state index contributed by atoms with van der Waals surface area (Å²) in [5.74, 6) is -0.421. The van der Waals surface area contributed by atoms with Crippen LogP contribution in [0.3, 0.4) is 0 Å². The maximum Gasteiger partial charge on any atom is 0.239 e. The summed E-state index contributed by atoms with van der Waals surface area (Å²) in [4.78, 5) is 14.0. The second-order valence-electron chi connectivity index (χ2n) is 5.09. The molecule has 3 nitrogen and oxygen atoms in total. The van der Waals surface area contributed by atoms with Crippen LogP contribution in [0.4, 0.5) is 0 Å². The molecule has 1 atom stereocenters. The summed E-state index contributed by atoms with van der Waals surface area (Å²) in [7, 11) is 0. The van der Waals surface area contributed by atoms with E-state index in [2.05, 4.69) is 18.2 Å². The van der Waals surface area contributed by atoms with E-state index in [0.717, 1.165) is 38.8 Å². The maximum atomic E-state index is 12.1. The van der Waals surface area contributed by atoms with E-state index in [1.54, 1.807) is 0 Å². The SMILES string of the molecule is N#CC(CCCc1ccccc1)C(=O)N1CCCC1. The second kappa shape index (κ2) is 6.94. The number of nitrogens with zero attached hydrogens (tertiary/aromatic N) is 2. The van der Waals surface area contributed by atoms with E-state index in [-0.39, 0.29) is 5.91 Å². The zero-order valence-corrected chi connectivity index (χ0v) is 11.2. The van der Waals surface area contributed by atoms with Gasteiger partial charge in [-0.1, -0.05) is 30.3 Å². The highest BCUT2D eigenvalue weighted by Gasteiger charge is 2.25. The fraction of sp³-hybridized carbons (Fsp3) is 0.500. The van der Waals surface area contributed by atoms with Gasteiger partial charge < -0.3 is 4.90 Å². The lowest BCUT2D eigenvalue weighted by atomic mass is 9.99. The first kappa shape index (κ1) is 13.6. The number of amides is 1. The molecule has 0 N–H and O–H groups in total. The van der Waals surface area contributed by atoms with Crippen molar-refractivity contribution in [1.29, 1.82) is 5.26 Å². The van der Waals surface area contributed by atoms with Gasteiger partial charge in [0.1, 0.15) is 5.92 Å². The van der Waals surface area contributed by atoms with Gasteiger partial charge in [-0.25, -0.2) is 0 Å².